The van der Waals surface area contributed by atoms with Crippen molar-refractivity contribution in [2.75, 3.05) is 0 Å². The van der Waals surface area contributed by atoms with Crippen LogP contribution in [-0.4, -0.2) is 11.9 Å². The predicted octanol–water partition coefficient (Wildman–Crippen LogP) is 3.63. The number of carbonyl (C=O) groups is 1. The summed E-state index contributed by atoms with van der Waals surface area (Å²) in [7, 11) is 0. The van der Waals surface area contributed by atoms with Gasteiger partial charge in [-0.3, -0.25) is 4.79 Å². The zero-order valence-corrected chi connectivity index (χ0v) is 12.0. The largest absolute Gasteiger partial charge is 0.349 e. The van der Waals surface area contributed by atoms with E-state index in [1.165, 1.54) is 24.3 Å². The number of benzene rings is 2. The molecule has 0 saturated carbocycles. The Morgan fingerprint density at radius 2 is 1.81 bits per heavy atom. The maximum atomic E-state index is 13.6. The number of nitrogens with one attached hydrogen (secondary N) is 1. The van der Waals surface area contributed by atoms with E-state index in [0.29, 0.717) is 6.42 Å². The van der Waals surface area contributed by atoms with Crippen LogP contribution in [0.25, 0.3) is 0 Å². The van der Waals surface area contributed by atoms with Gasteiger partial charge in [0.1, 0.15) is 11.6 Å². The third-order valence-electron chi connectivity index (χ3n) is 3.20. The van der Waals surface area contributed by atoms with Crippen LogP contribution in [-0.2, 0) is 6.42 Å². The Morgan fingerprint density at radius 3 is 2.48 bits per heavy atom. The number of hydrogen-bond donors (Lipinski definition) is 1. The standard InChI is InChI=1S/C17H17F2NO/c1-11-3-8-16(19)15(9-11)17(21)20-12(2)10-13-4-6-14(18)7-5-13/h3-9,12H,10H2,1-2H3,(H,20,21). The van der Waals surface area contributed by atoms with Crippen molar-refractivity contribution in [1.29, 1.82) is 0 Å². The van der Waals surface area contributed by atoms with Crippen LogP contribution >= 0.6 is 0 Å². The molecule has 21 heavy (non-hydrogen) atoms. The molecule has 110 valence electrons. The highest BCUT2D eigenvalue weighted by atomic mass is 19.1. The minimum Gasteiger partial charge on any atom is -0.349 e. The van der Waals surface area contributed by atoms with Gasteiger partial charge in [-0.2, -0.15) is 0 Å². The van der Waals surface area contributed by atoms with Crippen molar-refractivity contribution in [3.63, 3.8) is 0 Å². The van der Waals surface area contributed by atoms with Crippen molar-refractivity contribution >= 4 is 5.91 Å². The third kappa shape index (κ3) is 4.12. The molecule has 0 radical (unpaired) electrons. The molecule has 2 nitrogen and oxygen atoms in total. The topological polar surface area (TPSA) is 29.1 Å². The van der Waals surface area contributed by atoms with E-state index in [-0.39, 0.29) is 17.4 Å². The van der Waals surface area contributed by atoms with Crippen LogP contribution in [0.4, 0.5) is 8.78 Å². The van der Waals surface area contributed by atoms with E-state index >= 15 is 0 Å². The molecule has 1 amide bonds. The van der Waals surface area contributed by atoms with Gasteiger partial charge in [-0.1, -0.05) is 23.8 Å². The van der Waals surface area contributed by atoms with Gasteiger partial charge in [-0.25, -0.2) is 8.78 Å². The van der Waals surface area contributed by atoms with Crippen molar-refractivity contribution < 1.29 is 13.6 Å². The molecular formula is C17H17F2NO. The molecule has 2 rings (SSSR count). The second kappa shape index (κ2) is 6.48. The molecule has 0 spiro atoms. The Kier molecular flexibility index (Phi) is 4.68. The Balaban J connectivity index is 2.01. The number of aryl methyl sites for hydroxylation is 1. The van der Waals surface area contributed by atoms with Crippen LogP contribution in [0.5, 0.6) is 0 Å². The summed E-state index contributed by atoms with van der Waals surface area (Å²) in [5, 5.41) is 2.75. The van der Waals surface area contributed by atoms with Crippen LogP contribution < -0.4 is 5.32 Å². The molecule has 0 aromatic heterocycles. The highest BCUT2D eigenvalue weighted by Gasteiger charge is 2.14. The minimum absolute atomic E-state index is 0.0426. The molecule has 2 aromatic carbocycles. The first-order valence-corrected chi connectivity index (χ1v) is 6.77. The van der Waals surface area contributed by atoms with Crippen LogP contribution in [0, 0.1) is 18.6 Å². The summed E-state index contributed by atoms with van der Waals surface area (Å²) < 4.78 is 26.5. The summed E-state index contributed by atoms with van der Waals surface area (Å²) in [5.41, 5.74) is 1.78. The number of halogens is 2. The van der Waals surface area contributed by atoms with E-state index in [2.05, 4.69) is 5.32 Å². The number of hydrogen-bond acceptors (Lipinski definition) is 1. The second-order valence-corrected chi connectivity index (χ2v) is 5.19. The molecule has 4 heteroatoms. The quantitative estimate of drug-likeness (QED) is 0.915. The summed E-state index contributed by atoms with van der Waals surface area (Å²) in [6, 6.07) is 10.4. The zero-order chi connectivity index (χ0) is 15.4. The molecule has 1 unspecified atom stereocenters. The lowest BCUT2D eigenvalue weighted by Gasteiger charge is -2.14. The van der Waals surface area contributed by atoms with Gasteiger partial charge in [0.05, 0.1) is 5.56 Å². The van der Waals surface area contributed by atoms with Gasteiger partial charge in [0.15, 0.2) is 0 Å². The average Bonchev–Trinajstić information content (AvgIpc) is 2.44. The van der Waals surface area contributed by atoms with Crippen LogP contribution in [0.1, 0.15) is 28.4 Å². The smallest absolute Gasteiger partial charge is 0.254 e. The maximum absolute atomic E-state index is 13.6. The summed E-state index contributed by atoms with van der Waals surface area (Å²) in [4.78, 5) is 12.1. The highest BCUT2D eigenvalue weighted by molar-refractivity contribution is 5.94. The van der Waals surface area contributed by atoms with E-state index in [1.54, 1.807) is 25.1 Å². The minimum atomic E-state index is -0.535. The molecule has 1 atom stereocenters. The first-order chi connectivity index (χ1) is 9.95. The Morgan fingerprint density at radius 1 is 1.14 bits per heavy atom. The molecular weight excluding hydrogens is 272 g/mol. The number of amides is 1. The lowest BCUT2D eigenvalue weighted by Crippen LogP contribution is -2.34. The average molecular weight is 289 g/mol. The monoisotopic (exact) mass is 289 g/mol. The van der Waals surface area contributed by atoms with E-state index in [1.807, 2.05) is 6.92 Å². The Labute approximate surface area is 122 Å². The van der Waals surface area contributed by atoms with E-state index in [9.17, 15) is 13.6 Å². The fourth-order valence-corrected chi connectivity index (χ4v) is 2.14. The Bertz CT molecular complexity index is 638. The number of rotatable bonds is 4. The summed E-state index contributed by atoms with van der Waals surface area (Å²) in [6.45, 7) is 3.63. The summed E-state index contributed by atoms with van der Waals surface area (Å²) >= 11 is 0. The molecule has 0 aliphatic heterocycles. The van der Waals surface area contributed by atoms with Crippen molar-refractivity contribution in [1.82, 2.24) is 5.32 Å². The first kappa shape index (κ1) is 15.2. The SMILES string of the molecule is Cc1ccc(F)c(C(=O)NC(C)Cc2ccc(F)cc2)c1. The van der Waals surface area contributed by atoms with Gasteiger partial charge < -0.3 is 5.32 Å². The molecule has 0 aliphatic carbocycles. The first-order valence-electron chi connectivity index (χ1n) is 6.77. The van der Waals surface area contributed by atoms with Gasteiger partial charge in [0.25, 0.3) is 5.91 Å². The van der Waals surface area contributed by atoms with E-state index in [4.69, 9.17) is 0 Å². The van der Waals surface area contributed by atoms with Gasteiger partial charge in [-0.05, 0) is 50.1 Å². The fourth-order valence-electron chi connectivity index (χ4n) is 2.14. The maximum Gasteiger partial charge on any atom is 0.254 e. The molecule has 0 heterocycles. The van der Waals surface area contributed by atoms with Gasteiger partial charge in [-0.15, -0.1) is 0 Å². The van der Waals surface area contributed by atoms with Crippen LogP contribution in [0.15, 0.2) is 42.5 Å². The van der Waals surface area contributed by atoms with Gasteiger partial charge in [0, 0.05) is 6.04 Å². The lowest BCUT2D eigenvalue weighted by molar-refractivity contribution is 0.0936. The van der Waals surface area contributed by atoms with Crippen molar-refractivity contribution in [2.24, 2.45) is 0 Å². The van der Waals surface area contributed by atoms with Crippen molar-refractivity contribution in [3.05, 3.63) is 70.8 Å². The van der Waals surface area contributed by atoms with Gasteiger partial charge >= 0.3 is 0 Å². The van der Waals surface area contributed by atoms with Crippen molar-refractivity contribution in [2.45, 2.75) is 26.3 Å². The second-order valence-electron chi connectivity index (χ2n) is 5.19. The molecule has 0 saturated heterocycles. The third-order valence-corrected chi connectivity index (χ3v) is 3.20. The molecule has 0 bridgehead atoms. The lowest BCUT2D eigenvalue weighted by atomic mass is 10.1. The fraction of sp³-hybridized carbons (Fsp3) is 0.235. The number of carbonyl (C=O) groups excluding carboxylic acids is 1. The molecule has 2 aromatic rings. The summed E-state index contributed by atoms with van der Waals surface area (Å²) in [6.07, 6.45) is 0.555. The van der Waals surface area contributed by atoms with Gasteiger partial charge in [0.2, 0.25) is 0 Å². The predicted molar refractivity (Wildman–Crippen MR) is 78.2 cm³/mol. The normalized spacial score (nSPS) is 12.0. The van der Waals surface area contributed by atoms with Crippen molar-refractivity contribution in [3.8, 4) is 0 Å². The van der Waals surface area contributed by atoms with Crippen LogP contribution in [0.3, 0.4) is 0 Å². The zero-order valence-electron chi connectivity index (χ0n) is 12.0. The molecule has 0 fully saturated rings. The van der Waals surface area contributed by atoms with E-state index < -0.39 is 11.7 Å². The highest BCUT2D eigenvalue weighted by Crippen LogP contribution is 2.11. The van der Waals surface area contributed by atoms with E-state index in [0.717, 1.165) is 11.1 Å². The molecule has 1 N–H and O–H groups in total. The summed E-state index contributed by atoms with van der Waals surface area (Å²) in [5.74, 6) is -1.27. The Hall–Kier alpha value is -2.23. The van der Waals surface area contributed by atoms with Crippen LogP contribution in [0.2, 0.25) is 0 Å². The molecule has 0 aliphatic rings.